The highest BCUT2D eigenvalue weighted by atomic mass is 35.5. The van der Waals surface area contributed by atoms with Gasteiger partial charge in [-0.3, -0.25) is 9.59 Å². The summed E-state index contributed by atoms with van der Waals surface area (Å²) in [6, 6.07) is 12.2. The van der Waals surface area contributed by atoms with Crippen molar-refractivity contribution < 1.29 is 9.59 Å². The lowest BCUT2D eigenvalue weighted by molar-refractivity contribution is -0.119. The van der Waals surface area contributed by atoms with Crippen molar-refractivity contribution in [1.82, 2.24) is 10.2 Å². The average Bonchev–Trinajstić information content (AvgIpc) is 2.58. The fraction of sp³-hybridized carbons (Fsp3) is 0.263. The molecule has 0 saturated heterocycles. The molecule has 2 amide bonds. The first-order chi connectivity index (χ1) is 11.8. The van der Waals surface area contributed by atoms with E-state index in [1.165, 1.54) is 6.92 Å². The second-order valence-electron chi connectivity index (χ2n) is 5.86. The first-order valence-electron chi connectivity index (χ1n) is 7.85. The summed E-state index contributed by atoms with van der Waals surface area (Å²) >= 11 is 12.2. The van der Waals surface area contributed by atoms with Gasteiger partial charge in [0.05, 0.1) is 6.04 Å². The smallest absolute Gasteiger partial charge is 0.254 e. The van der Waals surface area contributed by atoms with Gasteiger partial charge in [-0.05, 0) is 42.3 Å². The third kappa shape index (κ3) is 4.97. The van der Waals surface area contributed by atoms with Crippen LogP contribution in [-0.2, 0) is 11.3 Å². The van der Waals surface area contributed by atoms with Crippen LogP contribution in [0.3, 0.4) is 0 Å². The van der Waals surface area contributed by atoms with Gasteiger partial charge in [-0.25, -0.2) is 0 Å². The Morgan fingerprint density at radius 2 is 1.76 bits per heavy atom. The molecule has 0 aliphatic heterocycles. The quantitative estimate of drug-likeness (QED) is 0.834. The number of nitrogens with one attached hydrogen (secondary N) is 1. The molecule has 6 heteroatoms. The molecule has 0 fully saturated rings. The molecule has 132 valence electrons. The number of halogens is 2. The van der Waals surface area contributed by atoms with Gasteiger partial charge in [0.1, 0.15) is 0 Å². The first-order valence-corrected chi connectivity index (χ1v) is 8.60. The molecule has 2 aromatic rings. The minimum absolute atomic E-state index is 0.0893. The molecule has 0 aromatic heterocycles. The topological polar surface area (TPSA) is 49.4 Å². The van der Waals surface area contributed by atoms with E-state index in [0.717, 1.165) is 11.1 Å². The van der Waals surface area contributed by atoms with E-state index < -0.39 is 0 Å². The lowest BCUT2D eigenvalue weighted by Gasteiger charge is -2.26. The Morgan fingerprint density at radius 1 is 1.12 bits per heavy atom. The van der Waals surface area contributed by atoms with E-state index in [1.807, 2.05) is 25.1 Å². The summed E-state index contributed by atoms with van der Waals surface area (Å²) in [4.78, 5) is 25.3. The maximum Gasteiger partial charge on any atom is 0.254 e. The number of carbonyl (C=O) groups excluding carboxylic acids is 2. The van der Waals surface area contributed by atoms with Crippen LogP contribution >= 0.6 is 23.2 Å². The van der Waals surface area contributed by atoms with Crippen LogP contribution in [-0.4, -0.2) is 23.8 Å². The molecule has 25 heavy (non-hydrogen) atoms. The van der Waals surface area contributed by atoms with Crippen molar-refractivity contribution in [2.24, 2.45) is 0 Å². The zero-order valence-corrected chi connectivity index (χ0v) is 15.9. The molecule has 0 bridgehead atoms. The number of amides is 2. The van der Waals surface area contributed by atoms with Crippen molar-refractivity contribution in [2.45, 2.75) is 26.4 Å². The minimum atomic E-state index is -0.198. The zero-order chi connectivity index (χ0) is 18.6. The molecule has 0 aliphatic carbocycles. The van der Waals surface area contributed by atoms with Crippen molar-refractivity contribution in [1.29, 1.82) is 0 Å². The third-order valence-corrected chi connectivity index (χ3v) is 4.62. The molecule has 0 spiro atoms. The summed E-state index contributed by atoms with van der Waals surface area (Å²) in [6.45, 7) is 3.82. The number of benzene rings is 2. The van der Waals surface area contributed by atoms with Crippen LogP contribution in [0.2, 0.25) is 10.0 Å². The summed E-state index contributed by atoms with van der Waals surface area (Å²) in [6.07, 6.45) is 0. The first kappa shape index (κ1) is 19.3. The minimum Gasteiger partial charge on any atom is -0.352 e. The van der Waals surface area contributed by atoms with E-state index in [2.05, 4.69) is 5.32 Å². The second-order valence-corrected chi connectivity index (χ2v) is 6.71. The Kier molecular flexibility index (Phi) is 6.45. The standard InChI is InChI=1S/C19H20Cl2N2O2/c1-12(17-9-8-16(20)10-18(17)21)23(3)19(25)15-6-4-14(5-7-15)11-22-13(2)24/h4-10,12H,11H2,1-3H3,(H,22,24). The average molecular weight is 379 g/mol. The van der Waals surface area contributed by atoms with Gasteiger partial charge in [0.25, 0.3) is 5.91 Å². The summed E-state index contributed by atoms with van der Waals surface area (Å²) in [5.74, 6) is -0.196. The molecule has 2 rings (SSSR count). The molecular formula is C19H20Cl2N2O2. The van der Waals surface area contributed by atoms with Crippen molar-refractivity contribution in [3.8, 4) is 0 Å². The molecule has 0 heterocycles. The Balaban J connectivity index is 2.11. The normalized spacial score (nSPS) is 11.7. The Bertz CT molecular complexity index is 775. The van der Waals surface area contributed by atoms with Gasteiger partial charge >= 0.3 is 0 Å². The van der Waals surface area contributed by atoms with Gasteiger partial charge < -0.3 is 10.2 Å². The number of carbonyl (C=O) groups is 2. The number of hydrogen-bond acceptors (Lipinski definition) is 2. The van der Waals surface area contributed by atoms with Crippen LogP contribution in [0.1, 0.15) is 41.4 Å². The van der Waals surface area contributed by atoms with Gasteiger partial charge in [0.2, 0.25) is 5.91 Å². The molecule has 1 N–H and O–H groups in total. The van der Waals surface area contributed by atoms with Gasteiger partial charge in [0.15, 0.2) is 0 Å². The van der Waals surface area contributed by atoms with Crippen LogP contribution < -0.4 is 5.32 Å². The van der Waals surface area contributed by atoms with Crippen molar-refractivity contribution in [3.05, 3.63) is 69.2 Å². The molecule has 2 aromatic carbocycles. The molecule has 0 saturated carbocycles. The van der Waals surface area contributed by atoms with Crippen molar-refractivity contribution in [3.63, 3.8) is 0 Å². The van der Waals surface area contributed by atoms with Gasteiger partial charge in [-0.1, -0.05) is 41.4 Å². The Morgan fingerprint density at radius 3 is 2.32 bits per heavy atom. The summed E-state index contributed by atoms with van der Waals surface area (Å²) < 4.78 is 0. The van der Waals surface area contributed by atoms with E-state index >= 15 is 0 Å². The predicted octanol–water partition coefficient (Wildman–Crippen LogP) is 4.46. The maximum atomic E-state index is 12.7. The van der Waals surface area contributed by atoms with E-state index in [1.54, 1.807) is 36.2 Å². The van der Waals surface area contributed by atoms with Crippen LogP contribution in [0.5, 0.6) is 0 Å². The molecule has 0 aliphatic rings. The second kappa shape index (κ2) is 8.37. The van der Waals surface area contributed by atoms with E-state index in [0.29, 0.717) is 22.2 Å². The number of rotatable bonds is 5. The monoisotopic (exact) mass is 378 g/mol. The molecule has 0 radical (unpaired) electrons. The zero-order valence-electron chi connectivity index (χ0n) is 14.3. The van der Waals surface area contributed by atoms with Crippen LogP contribution in [0.25, 0.3) is 0 Å². The molecule has 1 atom stereocenters. The molecule has 4 nitrogen and oxygen atoms in total. The van der Waals surface area contributed by atoms with Gasteiger partial charge in [-0.15, -0.1) is 0 Å². The SMILES string of the molecule is CC(=O)NCc1ccc(C(=O)N(C)C(C)c2ccc(Cl)cc2Cl)cc1. The fourth-order valence-corrected chi connectivity index (χ4v) is 2.99. The van der Waals surface area contributed by atoms with Crippen molar-refractivity contribution >= 4 is 35.0 Å². The van der Waals surface area contributed by atoms with E-state index in [4.69, 9.17) is 23.2 Å². The highest BCUT2D eigenvalue weighted by Gasteiger charge is 2.20. The number of nitrogens with zero attached hydrogens (tertiary/aromatic N) is 1. The van der Waals surface area contributed by atoms with Crippen LogP contribution in [0.15, 0.2) is 42.5 Å². The van der Waals surface area contributed by atoms with Crippen LogP contribution in [0.4, 0.5) is 0 Å². The number of hydrogen-bond donors (Lipinski definition) is 1. The summed E-state index contributed by atoms with van der Waals surface area (Å²) in [7, 11) is 1.74. The maximum absolute atomic E-state index is 12.7. The highest BCUT2D eigenvalue weighted by molar-refractivity contribution is 6.35. The summed E-state index contributed by atoms with van der Waals surface area (Å²) in [5, 5.41) is 3.82. The lowest BCUT2D eigenvalue weighted by Crippen LogP contribution is -2.29. The third-order valence-electron chi connectivity index (χ3n) is 4.06. The van der Waals surface area contributed by atoms with Crippen LogP contribution in [0, 0.1) is 0 Å². The largest absolute Gasteiger partial charge is 0.352 e. The van der Waals surface area contributed by atoms with Gasteiger partial charge in [-0.2, -0.15) is 0 Å². The Hall–Kier alpha value is -2.04. The van der Waals surface area contributed by atoms with Crippen molar-refractivity contribution in [2.75, 3.05) is 7.05 Å². The fourth-order valence-electron chi connectivity index (χ4n) is 2.42. The Labute approximate surface area is 157 Å². The summed E-state index contributed by atoms with van der Waals surface area (Å²) in [5.41, 5.74) is 2.35. The van der Waals surface area contributed by atoms with Gasteiger partial charge in [0, 0.05) is 36.1 Å². The highest BCUT2D eigenvalue weighted by Crippen LogP contribution is 2.29. The lowest BCUT2D eigenvalue weighted by atomic mass is 10.1. The predicted molar refractivity (Wildman–Crippen MR) is 101 cm³/mol. The van der Waals surface area contributed by atoms with E-state index in [9.17, 15) is 9.59 Å². The molecule has 1 unspecified atom stereocenters. The molecular weight excluding hydrogens is 359 g/mol. The van der Waals surface area contributed by atoms with E-state index in [-0.39, 0.29) is 17.9 Å².